The van der Waals surface area contributed by atoms with E-state index >= 15 is 0 Å². The summed E-state index contributed by atoms with van der Waals surface area (Å²) in [4.78, 5) is 45.7. The summed E-state index contributed by atoms with van der Waals surface area (Å²) in [7, 11) is 5.98. The van der Waals surface area contributed by atoms with Crippen LogP contribution in [0.25, 0.3) is 51.9 Å². The van der Waals surface area contributed by atoms with Crippen molar-refractivity contribution >= 4 is 63.8 Å². The van der Waals surface area contributed by atoms with Gasteiger partial charge in [0.15, 0.2) is 17.5 Å². The molecular formula is C61H58N8O5. The van der Waals surface area contributed by atoms with Crippen LogP contribution in [0.2, 0.25) is 0 Å². The number of nitrogens with zero attached hydrogens (tertiary/aromatic N) is 8. The fourth-order valence-corrected chi connectivity index (χ4v) is 7.97. The summed E-state index contributed by atoms with van der Waals surface area (Å²) in [6.07, 6.45) is 6.11. The number of hydrogen-bond acceptors (Lipinski definition) is 13. The lowest BCUT2D eigenvalue weighted by atomic mass is 10.0. The van der Waals surface area contributed by atoms with Crippen molar-refractivity contribution in [3.63, 3.8) is 0 Å². The molecule has 0 unspecified atom stereocenters. The normalized spacial score (nSPS) is 11.6. The van der Waals surface area contributed by atoms with Crippen LogP contribution in [0.1, 0.15) is 50.8 Å². The van der Waals surface area contributed by atoms with Crippen molar-refractivity contribution in [2.75, 3.05) is 62.3 Å². The molecule has 7 rings (SSSR count). The molecule has 0 aliphatic heterocycles. The average Bonchev–Trinajstić information content (AvgIpc) is 3.45. The minimum Gasteiger partial charge on any atom is -0.462 e. The Kier molecular flexibility index (Phi) is 18.0. The van der Waals surface area contributed by atoms with E-state index in [1.807, 2.05) is 152 Å². The first-order valence-electron chi connectivity index (χ1n) is 24.4. The number of allylic oxidation sites excluding steroid dienone is 1. The average molecular weight is 983 g/mol. The van der Waals surface area contributed by atoms with Crippen molar-refractivity contribution in [3.05, 3.63) is 180 Å². The van der Waals surface area contributed by atoms with Crippen molar-refractivity contribution in [1.82, 2.24) is 15.0 Å². The third kappa shape index (κ3) is 13.0. The standard InChI is InChI=1S/C61H58N8O5/c1-8-44(36-37-72-9-2)45-16-28-53(29-17-45)69(7)56-34-22-48(23-35-56)59-65-57(46-18-30-54(31-19-46)67(5)51-24-12-42(13-25-51)38-49(40-62)60(70)73-10-3)64-58(66-59)47-20-32-55(33-21-47)68(6)52-26-14-43(15-27-52)39-50(41-63)61(71)74-11-4/h12-36,38-39H,8-11,37H2,1-7H3/b44-36+,49-38+,50-39+. The van der Waals surface area contributed by atoms with Gasteiger partial charge in [-0.15, -0.1) is 0 Å². The van der Waals surface area contributed by atoms with Gasteiger partial charge in [0.1, 0.15) is 23.3 Å². The van der Waals surface area contributed by atoms with Gasteiger partial charge in [-0.25, -0.2) is 24.5 Å². The van der Waals surface area contributed by atoms with Gasteiger partial charge < -0.3 is 28.9 Å². The molecule has 7 aromatic rings. The number of hydrogen-bond donors (Lipinski definition) is 0. The molecule has 0 atom stereocenters. The molecule has 13 nitrogen and oxygen atoms in total. The van der Waals surface area contributed by atoms with Crippen molar-refractivity contribution in [2.24, 2.45) is 0 Å². The molecule has 0 amide bonds. The summed E-state index contributed by atoms with van der Waals surface area (Å²) in [6, 6.07) is 51.7. The van der Waals surface area contributed by atoms with E-state index in [4.69, 9.17) is 29.2 Å². The topological polar surface area (TPSA) is 158 Å². The van der Waals surface area contributed by atoms with Gasteiger partial charge in [-0.2, -0.15) is 10.5 Å². The highest BCUT2D eigenvalue weighted by Gasteiger charge is 2.17. The Morgan fingerprint density at radius 3 is 1.07 bits per heavy atom. The number of carbonyl (C=O) groups excluding carboxylic acids is 2. The summed E-state index contributed by atoms with van der Waals surface area (Å²) in [5, 5.41) is 19.0. The lowest BCUT2D eigenvalue weighted by Gasteiger charge is -2.21. The highest BCUT2D eigenvalue weighted by atomic mass is 16.5. The number of anilines is 6. The van der Waals surface area contributed by atoms with Crippen LogP contribution >= 0.6 is 0 Å². The zero-order valence-corrected chi connectivity index (χ0v) is 42.7. The Hall–Kier alpha value is -9.17. The smallest absolute Gasteiger partial charge is 0.348 e. The van der Waals surface area contributed by atoms with E-state index < -0.39 is 11.9 Å². The third-order valence-corrected chi connectivity index (χ3v) is 12.2. The second kappa shape index (κ2) is 25.3. The molecule has 0 aliphatic rings. The highest BCUT2D eigenvalue weighted by Crippen LogP contribution is 2.33. The van der Waals surface area contributed by atoms with Crippen molar-refractivity contribution < 1.29 is 23.8 Å². The Balaban J connectivity index is 1.17. The minimum atomic E-state index is -0.650. The number of carbonyl (C=O) groups is 2. The molecule has 0 saturated heterocycles. The van der Waals surface area contributed by atoms with E-state index in [0.717, 1.165) is 57.2 Å². The summed E-state index contributed by atoms with van der Waals surface area (Å²) < 4.78 is 15.6. The number of benzene rings is 6. The van der Waals surface area contributed by atoms with Crippen molar-refractivity contribution in [2.45, 2.75) is 34.1 Å². The van der Waals surface area contributed by atoms with Gasteiger partial charge >= 0.3 is 11.9 Å². The molecule has 0 radical (unpaired) electrons. The van der Waals surface area contributed by atoms with Gasteiger partial charge in [-0.1, -0.05) is 49.4 Å². The second-order valence-electron chi connectivity index (χ2n) is 16.9. The SMILES string of the molecule is CCOC/C=C(\CC)c1ccc(N(C)c2ccc(-c3nc(-c4ccc(N(C)c5ccc(/C=C(\C#N)C(=O)OCC)cc5)cc4)nc(-c4ccc(N(C)c5ccc(/C=C(\C#N)C(=O)OCC)cc5)cc4)n3)cc2)cc1. The number of nitriles is 2. The third-order valence-electron chi connectivity index (χ3n) is 12.2. The molecule has 0 fully saturated rings. The molecule has 0 bridgehead atoms. The molecule has 0 N–H and O–H groups in total. The van der Waals surface area contributed by atoms with E-state index in [1.165, 1.54) is 23.3 Å². The first kappa shape index (κ1) is 52.6. The minimum absolute atomic E-state index is 0.0627. The van der Waals surface area contributed by atoms with Crippen LogP contribution in [-0.4, -0.2) is 74.5 Å². The van der Waals surface area contributed by atoms with Gasteiger partial charge in [0, 0.05) is 78.6 Å². The second-order valence-corrected chi connectivity index (χ2v) is 16.9. The van der Waals surface area contributed by atoms with Gasteiger partial charge in [-0.05, 0) is 171 Å². The Morgan fingerprint density at radius 2 is 0.784 bits per heavy atom. The van der Waals surface area contributed by atoms with Gasteiger partial charge in [0.2, 0.25) is 0 Å². The first-order valence-corrected chi connectivity index (χ1v) is 24.4. The molecule has 1 heterocycles. The number of rotatable bonds is 20. The molecule has 372 valence electrons. The maximum Gasteiger partial charge on any atom is 0.348 e. The predicted molar refractivity (Wildman–Crippen MR) is 295 cm³/mol. The molecule has 13 heteroatoms. The van der Waals surface area contributed by atoms with Gasteiger partial charge in [0.05, 0.1) is 19.8 Å². The largest absolute Gasteiger partial charge is 0.462 e. The van der Waals surface area contributed by atoms with E-state index in [1.54, 1.807) is 13.8 Å². The van der Waals surface area contributed by atoms with E-state index in [0.29, 0.717) is 41.8 Å². The fourth-order valence-electron chi connectivity index (χ4n) is 7.97. The van der Waals surface area contributed by atoms with Crippen LogP contribution in [0.5, 0.6) is 0 Å². The lowest BCUT2D eigenvalue weighted by molar-refractivity contribution is -0.138. The maximum absolute atomic E-state index is 12.2. The highest BCUT2D eigenvalue weighted by molar-refractivity contribution is 5.98. The Bertz CT molecular complexity index is 3070. The first-order chi connectivity index (χ1) is 36.0. The van der Waals surface area contributed by atoms with Gasteiger partial charge in [0.25, 0.3) is 0 Å². The zero-order valence-electron chi connectivity index (χ0n) is 42.7. The predicted octanol–water partition coefficient (Wildman–Crippen LogP) is 12.9. The molecule has 0 spiro atoms. The molecule has 0 saturated carbocycles. The van der Waals surface area contributed by atoms with E-state index in [2.05, 4.69) is 61.3 Å². The lowest BCUT2D eigenvalue weighted by Crippen LogP contribution is -2.09. The quantitative estimate of drug-likeness (QED) is 0.0308. The molecular weight excluding hydrogens is 925 g/mol. The summed E-state index contributed by atoms with van der Waals surface area (Å²) in [6.45, 7) is 9.22. The van der Waals surface area contributed by atoms with Crippen LogP contribution < -0.4 is 14.7 Å². The van der Waals surface area contributed by atoms with Crippen LogP contribution in [0.3, 0.4) is 0 Å². The summed E-state index contributed by atoms with van der Waals surface area (Å²) in [5.74, 6) is 0.230. The summed E-state index contributed by atoms with van der Waals surface area (Å²) in [5.41, 5.74) is 11.8. The number of esters is 2. The van der Waals surface area contributed by atoms with Gasteiger partial charge in [-0.3, -0.25) is 0 Å². The molecule has 6 aromatic carbocycles. The maximum atomic E-state index is 12.2. The van der Waals surface area contributed by atoms with Crippen molar-refractivity contribution in [1.29, 1.82) is 10.5 Å². The Morgan fingerprint density at radius 1 is 0.473 bits per heavy atom. The van der Waals surface area contributed by atoms with Crippen LogP contribution in [0.4, 0.5) is 34.1 Å². The molecule has 1 aromatic heterocycles. The fraction of sp³-hybridized carbons (Fsp3) is 0.197. The zero-order chi connectivity index (χ0) is 52.6. The van der Waals surface area contributed by atoms with Crippen LogP contribution in [0, 0.1) is 22.7 Å². The monoisotopic (exact) mass is 982 g/mol. The van der Waals surface area contributed by atoms with E-state index in [-0.39, 0.29) is 24.4 Å². The van der Waals surface area contributed by atoms with Crippen LogP contribution in [0.15, 0.2) is 163 Å². The van der Waals surface area contributed by atoms with E-state index in [9.17, 15) is 20.1 Å². The van der Waals surface area contributed by atoms with Crippen molar-refractivity contribution in [3.8, 4) is 46.3 Å². The summed E-state index contributed by atoms with van der Waals surface area (Å²) >= 11 is 0. The number of aromatic nitrogens is 3. The molecule has 0 aliphatic carbocycles. The Labute approximate surface area is 433 Å². The van der Waals surface area contributed by atoms with Crippen LogP contribution in [-0.2, 0) is 23.8 Å². The molecule has 74 heavy (non-hydrogen) atoms. The number of ether oxygens (including phenoxy) is 3.